The van der Waals surface area contributed by atoms with Crippen LogP contribution in [0, 0.1) is 12.7 Å². The molecule has 0 aliphatic carbocycles. The number of rotatable bonds is 4. The fourth-order valence-electron chi connectivity index (χ4n) is 2.09. The number of nitrogens with one attached hydrogen (secondary N) is 1. The van der Waals surface area contributed by atoms with Crippen LogP contribution < -0.4 is 4.72 Å². The molecule has 1 N–H and O–H groups in total. The number of benzene rings is 2. The van der Waals surface area contributed by atoms with E-state index in [2.05, 4.69) is 9.71 Å². The monoisotopic (exact) mass is 348 g/mol. The lowest BCUT2D eigenvalue weighted by Gasteiger charge is -2.04. The Labute approximate surface area is 137 Å². The highest BCUT2D eigenvalue weighted by atomic mass is 32.2. The maximum atomic E-state index is 12.9. The van der Waals surface area contributed by atoms with Crippen LogP contribution in [-0.2, 0) is 10.0 Å². The summed E-state index contributed by atoms with van der Waals surface area (Å²) < 4.78 is 40.0. The molecule has 2 aromatic carbocycles. The van der Waals surface area contributed by atoms with Crippen LogP contribution >= 0.6 is 11.3 Å². The van der Waals surface area contributed by atoms with Crippen LogP contribution in [0.1, 0.15) is 4.88 Å². The smallest absolute Gasteiger partial charge is 0.255 e. The number of aromatic nitrogens is 1. The van der Waals surface area contributed by atoms with E-state index in [0.717, 1.165) is 28.3 Å². The summed E-state index contributed by atoms with van der Waals surface area (Å²) in [6.07, 6.45) is 0. The molecule has 0 spiro atoms. The topological polar surface area (TPSA) is 59.1 Å². The van der Waals surface area contributed by atoms with Gasteiger partial charge in [-0.1, -0.05) is 30.3 Å². The maximum absolute atomic E-state index is 12.9. The zero-order valence-corrected chi connectivity index (χ0v) is 13.8. The van der Waals surface area contributed by atoms with Gasteiger partial charge in [-0.05, 0) is 31.2 Å². The molecule has 118 valence electrons. The Kier molecular flexibility index (Phi) is 4.14. The maximum Gasteiger partial charge on any atom is 0.263 e. The predicted octanol–water partition coefficient (Wildman–Crippen LogP) is 4.06. The Bertz CT molecular complexity index is 920. The van der Waals surface area contributed by atoms with E-state index in [1.807, 2.05) is 37.3 Å². The quantitative estimate of drug-likeness (QED) is 0.773. The Balaban J connectivity index is 1.90. The Morgan fingerprint density at radius 2 is 1.70 bits per heavy atom. The van der Waals surface area contributed by atoms with Crippen LogP contribution in [0.5, 0.6) is 0 Å². The molecule has 23 heavy (non-hydrogen) atoms. The van der Waals surface area contributed by atoms with Gasteiger partial charge in [-0.3, -0.25) is 4.72 Å². The van der Waals surface area contributed by atoms with E-state index >= 15 is 0 Å². The first-order valence-corrected chi connectivity index (χ1v) is 9.07. The summed E-state index contributed by atoms with van der Waals surface area (Å²) in [5.41, 5.74) is 1.67. The number of hydrogen-bond donors (Lipinski definition) is 1. The predicted molar refractivity (Wildman–Crippen MR) is 89.5 cm³/mol. The molecular formula is C16H13FN2O2S2. The van der Waals surface area contributed by atoms with Crippen molar-refractivity contribution >= 4 is 26.5 Å². The molecule has 3 aromatic rings. The molecule has 0 aliphatic heterocycles. The SMILES string of the molecule is Cc1sc(NS(=O)(=O)c2ccc(F)cc2)nc1-c1ccccc1. The van der Waals surface area contributed by atoms with Gasteiger partial charge in [-0.2, -0.15) is 0 Å². The van der Waals surface area contributed by atoms with E-state index in [4.69, 9.17) is 0 Å². The summed E-state index contributed by atoms with van der Waals surface area (Å²) in [7, 11) is -3.78. The van der Waals surface area contributed by atoms with E-state index in [1.165, 1.54) is 23.5 Å². The van der Waals surface area contributed by atoms with E-state index in [-0.39, 0.29) is 10.0 Å². The lowest BCUT2D eigenvalue weighted by atomic mass is 10.1. The Morgan fingerprint density at radius 1 is 1.04 bits per heavy atom. The first kappa shape index (κ1) is 15.6. The molecule has 1 aromatic heterocycles. The van der Waals surface area contributed by atoms with Crippen LogP contribution in [0.3, 0.4) is 0 Å². The molecule has 4 nitrogen and oxygen atoms in total. The van der Waals surface area contributed by atoms with Crippen LogP contribution in [0.4, 0.5) is 9.52 Å². The minimum atomic E-state index is -3.78. The van der Waals surface area contributed by atoms with Gasteiger partial charge in [0.1, 0.15) is 5.82 Å². The minimum Gasteiger partial charge on any atom is -0.255 e. The van der Waals surface area contributed by atoms with Crippen molar-refractivity contribution in [1.82, 2.24) is 4.98 Å². The van der Waals surface area contributed by atoms with Gasteiger partial charge in [0.15, 0.2) is 5.13 Å². The highest BCUT2D eigenvalue weighted by molar-refractivity contribution is 7.93. The second kappa shape index (κ2) is 6.10. The van der Waals surface area contributed by atoms with Gasteiger partial charge in [0.25, 0.3) is 10.0 Å². The first-order chi connectivity index (χ1) is 11.0. The van der Waals surface area contributed by atoms with Crippen molar-refractivity contribution in [2.75, 3.05) is 4.72 Å². The molecule has 0 saturated carbocycles. The molecule has 0 saturated heterocycles. The molecule has 0 bridgehead atoms. The molecule has 7 heteroatoms. The summed E-state index contributed by atoms with van der Waals surface area (Å²) in [5.74, 6) is -0.486. The summed E-state index contributed by atoms with van der Waals surface area (Å²) >= 11 is 1.26. The van der Waals surface area contributed by atoms with Crippen LogP contribution in [-0.4, -0.2) is 13.4 Å². The highest BCUT2D eigenvalue weighted by Crippen LogP contribution is 2.31. The molecule has 3 rings (SSSR count). The van der Waals surface area contributed by atoms with Crippen molar-refractivity contribution in [2.45, 2.75) is 11.8 Å². The molecule has 0 aliphatic rings. The summed E-state index contributed by atoms with van der Waals surface area (Å²) in [4.78, 5) is 5.27. The van der Waals surface area contributed by atoms with Crippen LogP contribution in [0.2, 0.25) is 0 Å². The fraction of sp³-hybridized carbons (Fsp3) is 0.0625. The van der Waals surface area contributed by atoms with E-state index in [0.29, 0.717) is 0 Å². The first-order valence-electron chi connectivity index (χ1n) is 6.77. The molecule has 1 heterocycles. The standard InChI is InChI=1S/C16H13FN2O2S2/c1-11-15(12-5-3-2-4-6-12)18-16(22-11)19-23(20,21)14-9-7-13(17)8-10-14/h2-10H,1H3,(H,18,19). The average Bonchev–Trinajstić information content (AvgIpc) is 2.88. The van der Waals surface area contributed by atoms with Gasteiger partial charge in [-0.25, -0.2) is 17.8 Å². The van der Waals surface area contributed by atoms with Gasteiger partial charge in [0.2, 0.25) is 0 Å². The lowest BCUT2D eigenvalue weighted by molar-refractivity contribution is 0.599. The van der Waals surface area contributed by atoms with Gasteiger partial charge in [0.05, 0.1) is 10.6 Å². The minimum absolute atomic E-state index is 0.00647. The van der Waals surface area contributed by atoms with E-state index in [1.54, 1.807) is 0 Å². The van der Waals surface area contributed by atoms with Crippen molar-refractivity contribution in [3.63, 3.8) is 0 Å². The molecule has 0 unspecified atom stereocenters. The number of halogens is 1. The third-order valence-electron chi connectivity index (χ3n) is 3.19. The number of hydrogen-bond acceptors (Lipinski definition) is 4. The van der Waals surface area contributed by atoms with Crippen molar-refractivity contribution in [3.8, 4) is 11.3 Å². The number of sulfonamides is 1. The molecule has 0 fully saturated rings. The van der Waals surface area contributed by atoms with Crippen molar-refractivity contribution in [2.24, 2.45) is 0 Å². The highest BCUT2D eigenvalue weighted by Gasteiger charge is 2.18. The fourth-order valence-corrected chi connectivity index (χ4v) is 4.16. The zero-order chi connectivity index (χ0) is 16.4. The molecular weight excluding hydrogens is 335 g/mol. The third-order valence-corrected chi connectivity index (χ3v) is 5.56. The summed E-state index contributed by atoms with van der Waals surface area (Å²) in [6.45, 7) is 1.88. The zero-order valence-electron chi connectivity index (χ0n) is 12.2. The summed E-state index contributed by atoms with van der Waals surface area (Å²) in [5, 5.41) is 0.283. The van der Waals surface area contributed by atoms with Crippen LogP contribution in [0.15, 0.2) is 59.5 Å². The Hall–Kier alpha value is -2.25. The number of thiazole rings is 1. The molecule has 0 atom stereocenters. The van der Waals surface area contributed by atoms with Crippen molar-refractivity contribution in [3.05, 3.63) is 65.3 Å². The number of aryl methyl sites for hydroxylation is 1. The average molecular weight is 348 g/mol. The second-order valence-electron chi connectivity index (χ2n) is 4.85. The third kappa shape index (κ3) is 3.40. The van der Waals surface area contributed by atoms with Gasteiger partial charge in [-0.15, -0.1) is 11.3 Å². The van der Waals surface area contributed by atoms with E-state index < -0.39 is 15.8 Å². The lowest BCUT2D eigenvalue weighted by Crippen LogP contribution is -2.12. The molecule has 0 radical (unpaired) electrons. The van der Waals surface area contributed by atoms with E-state index in [9.17, 15) is 12.8 Å². The van der Waals surface area contributed by atoms with Crippen LogP contribution in [0.25, 0.3) is 11.3 Å². The number of nitrogens with zero attached hydrogens (tertiary/aromatic N) is 1. The summed E-state index contributed by atoms with van der Waals surface area (Å²) in [6, 6.07) is 14.2. The van der Waals surface area contributed by atoms with Crippen molar-refractivity contribution in [1.29, 1.82) is 0 Å². The largest absolute Gasteiger partial charge is 0.263 e. The van der Waals surface area contributed by atoms with Crippen molar-refractivity contribution < 1.29 is 12.8 Å². The normalized spacial score (nSPS) is 11.4. The van der Waals surface area contributed by atoms with Gasteiger partial charge < -0.3 is 0 Å². The Morgan fingerprint density at radius 3 is 2.35 bits per heavy atom. The van der Waals surface area contributed by atoms with Gasteiger partial charge in [0, 0.05) is 10.4 Å². The molecule has 0 amide bonds. The van der Waals surface area contributed by atoms with Gasteiger partial charge >= 0.3 is 0 Å². The second-order valence-corrected chi connectivity index (χ2v) is 7.73. The number of anilines is 1.